The number of amides is 2. The van der Waals surface area contributed by atoms with Gasteiger partial charge in [0.1, 0.15) is 21.5 Å². The molecule has 2 aliphatic rings. The van der Waals surface area contributed by atoms with Crippen LogP contribution in [-0.2, 0) is 16.8 Å². The second kappa shape index (κ2) is 9.94. The molecule has 2 amide bonds. The first-order chi connectivity index (χ1) is 17.7. The summed E-state index contributed by atoms with van der Waals surface area (Å²) < 4.78 is 13.5. The summed E-state index contributed by atoms with van der Waals surface area (Å²) in [6.45, 7) is 2.15. The van der Waals surface area contributed by atoms with Crippen LogP contribution in [0.3, 0.4) is 0 Å². The van der Waals surface area contributed by atoms with E-state index in [1.165, 1.54) is 0 Å². The fraction of sp³-hybridized carbons (Fsp3) is 0.462. The van der Waals surface area contributed by atoms with E-state index in [4.69, 9.17) is 15.2 Å². The molecule has 1 unspecified atom stereocenters. The summed E-state index contributed by atoms with van der Waals surface area (Å²) in [7, 11) is 1.55. The van der Waals surface area contributed by atoms with Crippen molar-refractivity contribution in [2.75, 3.05) is 20.3 Å². The highest BCUT2D eigenvalue weighted by Gasteiger charge is 2.47. The van der Waals surface area contributed by atoms with Gasteiger partial charge < -0.3 is 25.6 Å². The van der Waals surface area contributed by atoms with Crippen LogP contribution in [0.1, 0.15) is 60.3 Å². The summed E-state index contributed by atoms with van der Waals surface area (Å²) >= 11 is 3.41. The first-order valence-electron chi connectivity index (χ1n) is 12.4. The number of aromatic nitrogens is 3. The molecule has 5 rings (SSSR count). The molecule has 0 radical (unpaired) electrons. The molecule has 2 aromatic heterocycles. The number of fused-ring (bicyclic) bond motifs is 1. The highest BCUT2D eigenvalue weighted by Crippen LogP contribution is 2.46. The molecular formula is C26H30BrN5O5. The second-order valence-electron chi connectivity index (χ2n) is 9.70. The number of halogens is 1. The Balaban J connectivity index is 1.42. The van der Waals surface area contributed by atoms with Crippen LogP contribution in [-0.4, -0.2) is 51.9 Å². The maximum atomic E-state index is 13.2. The Morgan fingerprint density at radius 1 is 1.27 bits per heavy atom. The number of pyridine rings is 1. The van der Waals surface area contributed by atoms with Crippen molar-refractivity contribution in [3.63, 3.8) is 0 Å². The molecule has 4 N–H and O–H groups in total. The molecule has 10 nitrogen and oxygen atoms in total. The minimum absolute atomic E-state index is 0.0539. The number of nitrogens with one attached hydrogen (secondary N) is 1. The lowest BCUT2D eigenvalue weighted by Gasteiger charge is -2.29. The number of ether oxygens (including phenoxy) is 2. The molecule has 2 heterocycles. The van der Waals surface area contributed by atoms with Crippen LogP contribution >= 0.6 is 15.9 Å². The Morgan fingerprint density at radius 2 is 2.03 bits per heavy atom. The number of primary amides is 1. The van der Waals surface area contributed by atoms with E-state index in [0.717, 1.165) is 31.1 Å². The molecule has 3 aromatic rings. The number of hydrogen-bond donors (Lipinski definition) is 3. The SMILES string of the molecule is CCOc1c(CC(N)=O)cc(C(O)(CNC(=O)c2cc(OC)c3nn(C4CC4)cc3c2)C2CC2)nc1Br. The highest BCUT2D eigenvalue weighted by molar-refractivity contribution is 9.10. The van der Waals surface area contributed by atoms with Crippen molar-refractivity contribution in [2.24, 2.45) is 11.7 Å². The zero-order valence-electron chi connectivity index (χ0n) is 20.8. The Labute approximate surface area is 222 Å². The molecule has 1 atom stereocenters. The van der Waals surface area contributed by atoms with Gasteiger partial charge in [-0.15, -0.1) is 0 Å². The minimum Gasteiger partial charge on any atom is -0.494 e. The number of nitrogens with zero attached hydrogens (tertiary/aromatic N) is 3. The van der Waals surface area contributed by atoms with Gasteiger partial charge >= 0.3 is 0 Å². The van der Waals surface area contributed by atoms with Crippen LogP contribution in [0.2, 0.25) is 0 Å². The monoisotopic (exact) mass is 571 g/mol. The molecule has 196 valence electrons. The van der Waals surface area contributed by atoms with Gasteiger partial charge in [0.05, 0.1) is 38.4 Å². The van der Waals surface area contributed by atoms with Gasteiger partial charge in [0.15, 0.2) is 5.75 Å². The fourth-order valence-electron chi connectivity index (χ4n) is 4.65. The number of benzene rings is 1. The molecule has 0 aliphatic heterocycles. The topological polar surface area (TPSA) is 142 Å². The first-order valence-corrected chi connectivity index (χ1v) is 13.2. The lowest BCUT2D eigenvalue weighted by molar-refractivity contribution is -0.117. The molecular weight excluding hydrogens is 542 g/mol. The number of carbonyl (C=O) groups is 2. The van der Waals surface area contributed by atoms with Gasteiger partial charge in [-0.25, -0.2) is 4.98 Å². The first kappa shape index (κ1) is 25.5. The predicted molar refractivity (Wildman–Crippen MR) is 140 cm³/mol. The normalized spacial score (nSPS) is 16.9. The molecule has 0 saturated heterocycles. The summed E-state index contributed by atoms with van der Waals surface area (Å²) in [6.07, 6.45) is 5.66. The predicted octanol–water partition coefficient (Wildman–Crippen LogP) is 2.99. The maximum Gasteiger partial charge on any atom is 0.251 e. The highest BCUT2D eigenvalue weighted by atomic mass is 79.9. The zero-order valence-corrected chi connectivity index (χ0v) is 22.4. The molecule has 1 aromatic carbocycles. The molecule has 37 heavy (non-hydrogen) atoms. The number of aliphatic hydroxyl groups is 1. The van der Waals surface area contributed by atoms with Crippen LogP contribution in [0.5, 0.6) is 11.5 Å². The average Bonchev–Trinajstić information content (AvgIpc) is 3.80. The molecule has 0 bridgehead atoms. The van der Waals surface area contributed by atoms with E-state index in [2.05, 4.69) is 31.3 Å². The largest absolute Gasteiger partial charge is 0.494 e. The van der Waals surface area contributed by atoms with E-state index in [1.54, 1.807) is 25.3 Å². The Morgan fingerprint density at radius 3 is 2.65 bits per heavy atom. The third-order valence-electron chi connectivity index (χ3n) is 6.87. The summed E-state index contributed by atoms with van der Waals surface area (Å²) in [5.41, 5.74) is 6.02. The van der Waals surface area contributed by atoms with E-state index in [9.17, 15) is 14.7 Å². The summed E-state index contributed by atoms with van der Waals surface area (Å²) in [4.78, 5) is 29.5. The molecule has 0 spiro atoms. The number of rotatable bonds is 11. The molecule has 11 heteroatoms. The van der Waals surface area contributed by atoms with Gasteiger partial charge in [-0.05, 0) is 72.7 Å². The van der Waals surface area contributed by atoms with Crippen LogP contribution in [0.15, 0.2) is 29.0 Å². The van der Waals surface area contributed by atoms with Crippen LogP contribution in [0, 0.1) is 5.92 Å². The van der Waals surface area contributed by atoms with Gasteiger partial charge in [-0.3, -0.25) is 14.3 Å². The van der Waals surface area contributed by atoms with Crippen LogP contribution in [0.4, 0.5) is 0 Å². The third kappa shape index (κ3) is 5.15. The quantitative estimate of drug-likeness (QED) is 0.300. The Kier molecular flexibility index (Phi) is 6.84. The molecule has 2 fully saturated rings. The van der Waals surface area contributed by atoms with Crippen molar-refractivity contribution < 1.29 is 24.2 Å². The van der Waals surface area contributed by atoms with Crippen molar-refractivity contribution in [3.8, 4) is 11.5 Å². The minimum atomic E-state index is -1.43. The standard InChI is InChI=1S/C26H30BrN5O5/c1-3-37-23-14(11-21(28)33)10-20(30-24(23)27)26(35,17-4-5-17)13-29-25(34)15-8-16-12-32(18-6-7-18)31-22(16)19(9-15)36-2/h8-10,12,17-18,35H,3-7,11,13H2,1-2H3,(H2,28,33)(H,29,34). The third-order valence-corrected chi connectivity index (χ3v) is 7.41. The van der Waals surface area contributed by atoms with Crippen LogP contribution in [0.25, 0.3) is 10.9 Å². The average molecular weight is 572 g/mol. The summed E-state index contributed by atoms with van der Waals surface area (Å²) in [5, 5.41) is 20.1. The zero-order chi connectivity index (χ0) is 26.3. The van der Waals surface area contributed by atoms with Gasteiger partial charge in [0.25, 0.3) is 5.91 Å². The number of carbonyl (C=O) groups excluding carboxylic acids is 2. The fourth-order valence-corrected chi connectivity index (χ4v) is 5.21. The van der Waals surface area contributed by atoms with Gasteiger partial charge in [0.2, 0.25) is 5.91 Å². The molecule has 2 aliphatic carbocycles. The van der Waals surface area contributed by atoms with Crippen molar-refractivity contribution in [2.45, 2.75) is 50.7 Å². The number of hydrogen-bond acceptors (Lipinski definition) is 7. The van der Waals surface area contributed by atoms with E-state index in [0.29, 0.717) is 51.1 Å². The van der Waals surface area contributed by atoms with Crippen molar-refractivity contribution in [3.05, 3.63) is 45.8 Å². The maximum absolute atomic E-state index is 13.2. The lowest BCUT2D eigenvalue weighted by Crippen LogP contribution is -2.43. The summed E-state index contributed by atoms with van der Waals surface area (Å²) in [6, 6.07) is 5.50. The van der Waals surface area contributed by atoms with Gasteiger partial charge in [0, 0.05) is 22.7 Å². The second-order valence-corrected chi connectivity index (χ2v) is 10.5. The van der Waals surface area contributed by atoms with E-state index >= 15 is 0 Å². The van der Waals surface area contributed by atoms with E-state index in [-0.39, 0.29) is 24.8 Å². The van der Waals surface area contributed by atoms with Gasteiger partial charge in [-0.1, -0.05) is 0 Å². The Hall–Kier alpha value is -3.18. The lowest BCUT2D eigenvalue weighted by atomic mass is 9.91. The van der Waals surface area contributed by atoms with E-state index in [1.807, 2.05) is 17.8 Å². The van der Waals surface area contributed by atoms with Crippen molar-refractivity contribution in [1.82, 2.24) is 20.1 Å². The van der Waals surface area contributed by atoms with Crippen molar-refractivity contribution >= 4 is 38.6 Å². The molecule has 2 saturated carbocycles. The van der Waals surface area contributed by atoms with Gasteiger partial charge in [-0.2, -0.15) is 5.10 Å². The summed E-state index contributed by atoms with van der Waals surface area (Å²) in [5.74, 6) is -0.0177. The van der Waals surface area contributed by atoms with Crippen molar-refractivity contribution in [1.29, 1.82) is 0 Å². The van der Waals surface area contributed by atoms with Crippen LogP contribution < -0.4 is 20.5 Å². The van der Waals surface area contributed by atoms with E-state index < -0.39 is 11.5 Å². The number of nitrogens with two attached hydrogens (primary N) is 1. The Bertz CT molecular complexity index is 1370. The number of methoxy groups -OCH3 is 1. The smallest absolute Gasteiger partial charge is 0.251 e.